The third-order valence-corrected chi connectivity index (χ3v) is 6.82. The number of nitrogens with one attached hydrogen (secondary N) is 1. The first-order valence-electron chi connectivity index (χ1n) is 12.9. The average molecular weight is 589 g/mol. The van der Waals surface area contributed by atoms with E-state index in [4.69, 9.17) is 9.47 Å². The Bertz CT molecular complexity index is 1390. The number of nitrogens with zero attached hydrogens (tertiary/aromatic N) is 5. The zero-order valence-electron chi connectivity index (χ0n) is 22.8. The molecule has 1 aliphatic rings. The highest BCUT2D eigenvalue weighted by Gasteiger charge is 2.45. The molecule has 3 aromatic rings. The van der Waals surface area contributed by atoms with Gasteiger partial charge < -0.3 is 24.1 Å². The van der Waals surface area contributed by atoms with Crippen molar-refractivity contribution in [3.05, 3.63) is 36.0 Å². The largest absolute Gasteiger partial charge is 0.494 e. The van der Waals surface area contributed by atoms with Gasteiger partial charge in [0, 0.05) is 30.9 Å². The lowest BCUT2D eigenvalue weighted by Gasteiger charge is -2.33. The lowest BCUT2D eigenvalue weighted by Crippen LogP contribution is -2.52. The Kier molecular flexibility index (Phi) is 8.54. The predicted octanol–water partition coefficient (Wildman–Crippen LogP) is 5.87. The molecule has 0 aromatic carbocycles. The Balaban J connectivity index is 1.70. The van der Waals surface area contributed by atoms with Crippen molar-refractivity contribution in [3.63, 3.8) is 0 Å². The Morgan fingerprint density at radius 2 is 1.85 bits per heavy atom. The molecule has 1 saturated carbocycles. The van der Waals surface area contributed by atoms with E-state index in [1.165, 1.54) is 25.3 Å². The number of halogens is 6. The molecule has 4 rings (SSSR count). The monoisotopic (exact) mass is 588 g/mol. The maximum absolute atomic E-state index is 13.6. The van der Waals surface area contributed by atoms with Gasteiger partial charge in [0.25, 0.3) is 5.88 Å². The van der Waals surface area contributed by atoms with Crippen LogP contribution in [0.3, 0.4) is 0 Å². The van der Waals surface area contributed by atoms with Crippen molar-refractivity contribution in [1.82, 2.24) is 29.6 Å². The number of carbonyl (C=O) groups excluding carboxylic acids is 1. The van der Waals surface area contributed by atoms with Crippen molar-refractivity contribution >= 4 is 11.7 Å². The first kappa shape index (κ1) is 30.2. The normalized spacial score (nSPS) is 15.5. The molecule has 1 unspecified atom stereocenters. The molecule has 0 spiro atoms. The highest BCUT2D eigenvalue weighted by molar-refractivity contribution is 5.76. The molecular weight excluding hydrogens is 558 g/mol. The van der Waals surface area contributed by atoms with E-state index >= 15 is 0 Å². The molecule has 3 aromatic heterocycles. The summed E-state index contributed by atoms with van der Waals surface area (Å²) >= 11 is 0. The number of rotatable bonds is 10. The molecule has 2 amide bonds. The van der Waals surface area contributed by atoms with Gasteiger partial charge in [-0.25, -0.2) is 14.8 Å². The van der Waals surface area contributed by atoms with Crippen molar-refractivity contribution in [1.29, 1.82) is 0 Å². The smallest absolute Gasteiger partial charge is 0.408 e. The molecule has 0 saturated heterocycles. The standard InChI is InChI=1S/C26H30F6N6O3/c1-5-38(24(39)36-20(26(30,31)32)8-9-25(27,28)29)21(15-6-7-15)17-10-16(19(40-3)11-33-17)18-13-37-12-14(2)34-22(37)23(35-18)41-4/h10-13,15,20-21H,5-9H2,1-4H3,(H,36,39)/t20-,21?/m0/s1. The summed E-state index contributed by atoms with van der Waals surface area (Å²) in [6.45, 7) is 3.39. The number of hydrogen-bond donors (Lipinski definition) is 1. The molecular formula is C26H30F6N6O3. The van der Waals surface area contributed by atoms with Gasteiger partial charge >= 0.3 is 18.4 Å². The van der Waals surface area contributed by atoms with E-state index in [9.17, 15) is 31.1 Å². The van der Waals surface area contributed by atoms with Gasteiger partial charge in [0.05, 0.1) is 43.5 Å². The second-order valence-corrected chi connectivity index (χ2v) is 9.82. The van der Waals surface area contributed by atoms with Gasteiger partial charge in [-0.15, -0.1) is 0 Å². The number of amides is 2. The molecule has 0 radical (unpaired) electrons. The maximum atomic E-state index is 13.6. The van der Waals surface area contributed by atoms with Crippen LogP contribution < -0.4 is 14.8 Å². The van der Waals surface area contributed by atoms with Crippen LogP contribution >= 0.6 is 0 Å². The first-order chi connectivity index (χ1) is 19.2. The van der Waals surface area contributed by atoms with Crippen molar-refractivity contribution in [2.24, 2.45) is 5.92 Å². The van der Waals surface area contributed by atoms with Crippen LogP contribution in [0.15, 0.2) is 24.7 Å². The van der Waals surface area contributed by atoms with Crippen molar-refractivity contribution in [2.75, 3.05) is 20.8 Å². The highest BCUT2D eigenvalue weighted by atomic mass is 19.4. The molecule has 9 nitrogen and oxygen atoms in total. The lowest BCUT2D eigenvalue weighted by atomic mass is 10.0. The molecule has 3 heterocycles. The number of ether oxygens (including phenoxy) is 2. The third-order valence-electron chi connectivity index (χ3n) is 6.82. The second-order valence-electron chi connectivity index (χ2n) is 9.82. The van der Waals surface area contributed by atoms with Crippen LogP contribution in [0.25, 0.3) is 16.9 Å². The molecule has 41 heavy (non-hydrogen) atoms. The van der Waals surface area contributed by atoms with Crippen molar-refractivity contribution < 1.29 is 40.6 Å². The molecule has 1 N–H and O–H groups in total. The quantitative estimate of drug-likeness (QED) is 0.298. The van der Waals surface area contributed by atoms with E-state index in [0.29, 0.717) is 41.2 Å². The Morgan fingerprint density at radius 3 is 2.41 bits per heavy atom. The summed E-state index contributed by atoms with van der Waals surface area (Å²) in [6, 6.07) is -2.86. The highest BCUT2D eigenvalue weighted by Crippen LogP contribution is 2.45. The molecule has 1 fully saturated rings. The zero-order valence-corrected chi connectivity index (χ0v) is 22.8. The van der Waals surface area contributed by atoms with Gasteiger partial charge in [-0.2, -0.15) is 26.3 Å². The van der Waals surface area contributed by atoms with Crippen molar-refractivity contribution in [3.8, 4) is 22.9 Å². The van der Waals surface area contributed by atoms with Gasteiger partial charge in [-0.05, 0) is 45.1 Å². The summed E-state index contributed by atoms with van der Waals surface area (Å²) < 4.78 is 91.4. The van der Waals surface area contributed by atoms with Crippen LogP contribution in [0.5, 0.6) is 11.6 Å². The number of fused-ring (bicyclic) bond motifs is 1. The first-order valence-corrected chi connectivity index (χ1v) is 12.9. The Morgan fingerprint density at radius 1 is 1.15 bits per heavy atom. The third kappa shape index (κ3) is 6.93. The summed E-state index contributed by atoms with van der Waals surface area (Å²) in [7, 11) is 2.90. The fourth-order valence-corrected chi connectivity index (χ4v) is 4.73. The van der Waals surface area contributed by atoms with E-state index in [1.54, 1.807) is 35.1 Å². The number of aryl methyl sites for hydroxylation is 1. The van der Waals surface area contributed by atoms with Crippen molar-refractivity contribution in [2.45, 2.75) is 64.0 Å². The molecule has 0 bridgehead atoms. The predicted molar refractivity (Wildman–Crippen MR) is 136 cm³/mol. The zero-order chi connectivity index (χ0) is 30.1. The van der Waals surface area contributed by atoms with Gasteiger partial charge in [-0.3, -0.25) is 4.98 Å². The van der Waals surface area contributed by atoms with E-state index < -0.39 is 43.3 Å². The Labute approximate surface area is 231 Å². The second kappa shape index (κ2) is 11.6. The van der Waals surface area contributed by atoms with E-state index in [1.807, 2.05) is 6.92 Å². The van der Waals surface area contributed by atoms with E-state index in [0.717, 1.165) is 5.69 Å². The number of pyridine rings is 1. The number of urea groups is 1. The summed E-state index contributed by atoms with van der Waals surface area (Å²) in [6.07, 6.45) is -6.54. The maximum Gasteiger partial charge on any atom is 0.408 e. The summed E-state index contributed by atoms with van der Waals surface area (Å²) in [5.74, 6) is 0.502. The molecule has 224 valence electrons. The molecule has 1 aliphatic carbocycles. The fraction of sp³-hybridized carbons (Fsp3) is 0.538. The molecule has 2 atom stereocenters. The van der Waals surface area contributed by atoms with Crippen LogP contribution in [-0.2, 0) is 0 Å². The number of imidazole rings is 1. The van der Waals surface area contributed by atoms with Crippen LogP contribution in [0.1, 0.15) is 50.0 Å². The lowest BCUT2D eigenvalue weighted by molar-refractivity contribution is -0.171. The van der Waals surface area contributed by atoms with Crippen LogP contribution in [0.4, 0.5) is 31.1 Å². The van der Waals surface area contributed by atoms with E-state index in [2.05, 4.69) is 15.0 Å². The Hall–Kier alpha value is -3.78. The average Bonchev–Trinajstić information content (AvgIpc) is 3.66. The van der Waals surface area contributed by atoms with Gasteiger partial charge in [0.2, 0.25) is 5.65 Å². The molecule has 0 aliphatic heterocycles. The van der Waals surface area contributed by atoms with Gasteiger partial charge in [0.15, 0.2) is 0 Å². The summed E-state index contributed by atoms with van der Waals surface area (Å²) in [5, 5.41) is 1.79. The summed E-state index contributed by atoms with van der Waals surface area (Å²) in [5.41, 5.74) is 2.52. The summed E-state index contributed by atoms with van der Waals surface area (Å²) in [4.78, 5) is 27.7. The SMILES string of the molecule is CCN(C(=O)N[C@@H](CCC(F)(F)F)C(F)(F)F)C(c1cc(-c2cn3cc(C)nc3c(OC)n2)c(OC)cn1)C1CC1. The number of alkyl halides is 6. The number of aromatic nitrogens is 4. The van der Waals surface area contributed by atoms with Crippen LogP contribution in [0, 0.1) is 12.8 Å². The minimum Gasteiger partial charge on any atom is -0.494 e. The van der Waals surface area contributed by atoms with Gasteiger partial charge in [0.1, 0.15) is 11.8 Å². The fourth-order valence-electron chi connectivity index (χ4n) is 4.73. The minimum absolute atomic E-state index is 0.00770. The number of carbonyl (C=O) groups is 1. The van der Waals surface area contributed by atoms with Crippen LogP contribution in [-0.4, -0.2) is 69.4 Å². The minimum atomic E-state index is -5.06. The topological polar surface area (TPSA) is 93.9 Å². The number of methoxy groups -OCH3 is 2. The number of hydrogen-bond acceptors (Lipinski definition) is 6. The van der Waals surface area contributed by atoms with E-state index in [-0.39, 0.29) is 18.3 Å². The van der Waals surface area contributed by atoms with Gasteiger partial charge in [-0.1, -0.05) is 0 Å². The van der Waals surface area contributed by atoms with Crippen LogP contribution in [0.2, 0.25) is 0 Å². The molecule has 15 heteroatoms.